The Bertz CT molecular complexity index is 959. The molecule has 156 valence electrons. The second kappa shape index (κ2) is 8.74. The number of carbonyl (C=O) groups excluding carboxylic acids is 2. The zero-order chi connectivity index (χ0) is 21.1. The molecule has 1 fully saturated rings. The number of ether oxygens (including phenoxy) is 1. The monoisotopic (exact) mass is 404 g/mol. The van der Waals surface area contributed by atoms with Crippen molar-refractivity contribution in [3.05, 3.63) is 65.9 Å². The maximum atomic E-state index is 13.7. The van der Waals surface area contributed by atoms with Crippen LogP contribution in [0.2, 0.25) is 0 Å². The Labute approximate surface area is 177 Å². The molecule has 0 spiro atoms. The number of likely N-dealkylation sites (N-methyl/N-ethyl adjacent to an activating group) is 1. The molecule has 2 aliphatic rings. The van der Waals surface area contributed by atoms with E-state index in [4.69, 9.17) is 4.74 Å². The van der Waals surface area contributed by atoms with E-state index >= 15 is 0 Å². The Morgan fingerprint density at radius 1 is 0.867 bits per heavy atom. The lowest BCUT2D eigenvalue weighted by atomic mass is 10.0. The van der Waals surface area contributed by atoms with Crippen LogP contribution < -0.4 is 9.64 Å². The molecule has 30 heavy (non-hydrogen) atoms. The van der Waals surface area contributed by atoms with Gasteiger partial charge in [0.2, 0.25) is 0 Å². The number of anilines is 1. The van der Waals surface area contributed by atoms with Crippen LogP contribution in [0.1, 0.15) is 44.1 Å². The van der Waals surface area contributed by atoms with Crippen LogP contribution in [0.25, 0.3) is 5.57 Å². The Balaban J connectivity index is 1.84. The number of hydrogen-bond donors (Lipinski definition) is 0. The fourth-order valence-electron chi connectivity index (χ4n) is 4.57. The molecule has 5 nitrogen and oxygen atoms in total. The van der Waals surface area contributed by atoms with Crippen molar-refractivity contribution in [3.8, 4) is 5.75 Å². The SMILES string of the molecule is COc1ccccc1C1=C(N(C)c2ccccc2)C(=O)N(C2CCCCCC2)C1=O. The minimum absolute atomic E-state index is 0.0427. The molecular weight excluding hydrogens is 376 g/mol. The van der Waals surface area contributed by atoms with Crippen molar-refractivity contribution in [1.82, 2.24) is 4.90 Å². The van der Waals surface area contributed by atoms with Gasteiger partial charge < -0.3 is 9.64 Å². The first-order chi connectivity index (χ1) is 14.6. The standard InChI is InChI=1S/C25H28N2O3/c1-26(18-12-8-5-9-13-18)23-22(20-16-10-11-17-21(20)30-2)24(28)27(25(23)29)19-14-6-3-4-7-15-19/h5,8-13,16-17,19H,3-4,6-7,14-15H2,1-2H3. The summed E-state index contributed by atoms with van der Waals surface area (Å²) in [5.74, 6) is 0.170. The topological polar surface area (TPSA) is 49.9 Å². The van der Waals surface area contributed by atoms with Crippen LogP contribution in [0.15, 0.2) is 60.3 Å². The van der Waals surface area contributed by atoms with Gasteiger partial charge in [0.05, 0.1) is 12.7 Å². The highest BCUT2D eigenvalue weighted by Crippen LogP contribution is 2.39. The largest absolute Gasteiger partial charge is 0.496 e. The van der Waals surface area contributed by atoms with Gasteiger partial charge in [0.25, 0.3) is 11.8 Å². The number of benzene rings is 2. The van der Waals surface area contributed by atoms with Gasteiger partial charge in [-0.15, -0.1) is 0 Å². The van der Waals surface area contributed by atoms with Crippen LogP contribution in [-0.4, -0.2) is 36.9 Å². The summed E-state index contributed by atoms with van der Waals surface area (Å²) in [5.41, 5.74) is 2.36. The highest BCUT2D eigenvalue weighted by Gasteiger charge is 2.45. The molecule has 4 rings (SSSR count). The Morgan fingerprint density at radius 3 is 2.17 bits per heavy atom. The predicted octanol–water partition coefficient (Wildman–Crippen LogP) is 4.63. The van der Waals surface area contributed by atoms with Gasteiger partial charge in [-0.2, -0.15) is 0 Å². The van der Waals surface area contributed by atoms with Crippen molar-refractivity contribution < 1.29 is 14.3 Å². The smallest absolute Gasteiger partial charge is 0.278 e. The number of methoxy groups -OCH3 is 1. The number of amides is 2. The van der Waals surface area contributed by atoms with Gasteiger partial charge in [-0.25, -0.2) is 0 Å². The van der Waals surface area contributed by atoms with E-state index in [9.17, 15) is 9.59 Å². The molecule has 5 heteroatoms. The minimum atomic E-state index is -0.214. The van der Waals surface area contributed by atoms with Crippen LogP contribution in [0, 0.1) is 0 Å². The second-order valence-corrected chi connectivity index (χ2v) is 7.94. The first-order valence-corrected chi connectivity index (χ1v) is 10.7. The highest BCUT2D eigenvalue weighted by molar-refractivity contribution is 6.37. The van der Waals surface area contributed by atoms with E-state index in [0.29, 0.717) is 22.6 Å². The third kappa shape index (κ3) is 3.60. The molecule has 0 aromatic heterocycles. The number of nitrogens with zero attached hydrogens (tertiary/aromatic N) is 2. The van der Waals surface area contributed by atoms with E-state index in [1.54, 1.807) is 7.11 Å². The average Bonchev–Trinajstić information content (AvgIpc) is 2.95. The van der Waals surface area contributed by atoms with Gasteiger partial charge in [0, 0.05) is 24.3 Å². The lowest BCUT2D eigenvalue weighted by molar-refractivity contribution is -0.139. The van der Waals surface area contributed by atoms with Gasteiger partial charge in [-0.3, -0.25) is 14.5 Å². The lowest BCUT2D eigenvalue weighted by Gasteiger charge is -2.27. The normalized spacial score (nSPS) is 18.0. The molecule has 1 aliphatic carbocycles. The summed E-state index contributed by atoms with van der Waals surface area (Å²) in [6.07, 6.45) is 6.18. The molecule has 0 atom stereocenters. The molecule has 0 saturated heterocycles. The first kappa shape index (κ1) is 20.2. The number of imide groups is 1. The van der Waals surface area contributed by atoms with Crippen molar-refractivity contribution in [3.63, 3.8) is 0 Å². The molecule has 1 aliphatic heterocycles. The van der Waals surface area contributed by atoms with Crippen molar-refractivity contribution in [1.29, 1.82) is 0 Å². The lowest BCUT2D eigenvalue weighted by Crippen LogP contribution is -2.42. The average molecular weight is 405 g/mol. The molecule has 0 N–H and O–H groups in total. The van der Waals surface area contributed by atoms with Crippen LogP contribution in [-0.2, 0) is 9.59 Å². The summed E-state index contributed by atoms with van der Waals surface area (Å²) < 4.78 is 5.54. The zero-order valence-electron chi connectivity index (χ0n) is 17.6. The molecule has 0 unspecified atom stereocenters. The van der Waals surface area contributed by atoms with Crippen molar-refractivity contribution in [2.45, 2.75) is 44.6 Å². The van der Waals surface area contributed by atoms with Gasteiger partial charge in [0.1, 0.15) is 11.4 Å². The highest BCUT2D eigenvalue weighted by atomic mass is 16.5. The predicted molar refractivity (Wildman–Crippen MR) is 118 cm³/mol. The summed E-state index contributed by atoms with van der Waals surface area (Å²) in [4.78, 5) is 30.7. The molecule has 1 heterocycles. The Morgan fingerprint density at radius 2 is 1.50 bits per heavy atom. The molecule has 2 amide bonds. The van der Waals surface area contributed by atoms with Crippen LogP contribution in [0.5, 0.6) is 5.75 Å². The minimum Gasteiger partial charge on any atom is -0.496 e. The maximum Gasteiger partial charge on any atom is 0.278 e. The van der Waals surface area contributed by atoms with E-state index < -0.39 is 0 Å². The Hall–Kier alpha value is -3.08. The van der Waals surface area contributed by atoms with Crippen molar-refractivity contribution in [2.75, 3.05) is 19.1 Å². The number of hydrogen-bond acceptors (Lipinski definition) is 4. The van der Waals surface area contributed by atoms with E-state index in [1.165, 1.54) is 4.90 Å². The molecule has 2 aromatic rings. The number of carbonyl (C=O) groups is 2. The van der Waals surface area contributed by atoms with Gasteiger partial charge >= 0.3 is 0 Å². The summed E-state index contributed by atoms with van der Waals surface area (Å²) in [5, 5.41) is 0. The van der Waals surface area contributed by atoms with E-state index in [1.807, 2.05) is 66.5 Å². The van der Waals surface area contributed by atoms with Crippen LogP contribution in [0.3, 0.4) is 0 Å². The number of para-hydroxylation sites is 2. The van der Waals surface area contributed by atoms with E-state index in [2.05, 4.69) is 0 Å². The first-order valence-electron chi connectivity index (χ1n) is 10.7. The van der Waals surface area contributed by atoms with Crippen molar-refractivity contribution >= 4 is 23.1 Å². The van der Waals surface area contributed by atoms with Gasteiger partial charge in [0.15, 0.2) is 0 Å². The van der Waals surface area contributed by atoms with E-state index in [0.717, 1.165) is 44.2 Å². The third-order valence-corrected chi connectivity index (χ3v) is 6.14. The van der Waals surface area contributed by atoms with Gasteiger partial charge in [-0.1, -0.05) is 62.1 Å². The third-order valence-electron chi connectivity index (χ3n) is 6.14. The molecule has 2 aromatic carbocycles. The van der Waals surface area contributed by atoms with Crippen LogP contribution >= 0.6 is 0 Å². The Kier molecular flexibility index (Phi) is 5.88. The van der Waals surface area contributed by atoms with Crippen LogP contribution in [0.4, 0.5) is 5.69 Å². The molecule has 0 radical (unpaired) electrons. The fourth-order valence-corrected chi connectivity index (χ4v) is 4.57. The van der Waals surface area contributed by atoms with E-state index in [-0.39, 0.29) is 17.9 Å². The molecule has 1 saturated carbocycles. The quantitative estimate of drug-likeness (QED) is 0.538. The van der Waals surface area contributed by atoms with Crippen molar-refractivity contribution in [2.24, 2.45) is 0 Å². The summed E-state index contributed by atoms with van der Waals surface area (Å²) in [7, 11) is 3.44. The maximum absolute atomic E-state index is 13.7. The summed E-state index contributed by atoms with van der Waals surface area (Å²) in [6.45, 7) is 0. The van der Waals surface area contributed by atoms with Gasteiger partial charge in [-0.05, 0) is 31.0 Å². The number of rotatable bonds is 5. The fraction of sp³-hybridized carbons (Fsp3) is 0.360. The summed E-state index contributed by atoms with van der Waals surface area (Å²) >= 11 is 0. The summed E-state index contributed by atoms with van der Waals surface area (Å²) in [6, 6.07) is 17.1. The zero-order valence-corrected chi connectivity index (χ0v) is 17.6. The molecular formula is C25H28N2O3. The second-order valence-electron chi connectivity index (χ2n) is 7.94. The molecule has 0 bridgehead atoms.